The molecule has 1 aliphatic heterocycles. The first kappa shape index (κ1) is 24.0. The monoisotopic (exact) mass is 464 g/mol. The molecule has 3 rings (SSSR count). The minimum absolute atomic E-state index is 0.0619. The first-order valence-corrected chi connectivity index (χ1v) is 11.7. The maximum Gasteiger partial charge on any atom is 0.266 e. The van der Waals surface area contributed by atoms with Crippen LogP contribution in [0.3, 0.4) is 0 Å². The van der Waals surface area contributed by atoms with E-state index in [1.807, 2.05) is 101 Å². The Kier molecular flexibility index (Phi) is 7.69. The lowest BCUT2D eigenvalue weighted by molar-refractivity contribution is -0.140. The molecule has 2 aromatic carbocycles. The predicted octanol–water partition coefficient (Wildman–Crippen LogP) is 5.66. The second-order valence-corrected chi connectivity index (χ2v) is 10.4. The Bertz CT molecular complexity index is 1050. The van der Waals surface area contributed by atoms with Crippen molar-refractivity contribution in [2.24, 2.45) is 0 Å². The Morgan fingerprint density at radius 2 is 1.66 bits per heavy atom. The maximum atomic E-state index is 13.2. The van der Waals surface area contributed by atoms with Crippen molar-refractivity contribution in [2.45, 2.75) is 39.8 Å². The van der Waals surface area contributed by atoms with Gasteiger partial charge in [0.05, 0.1) is 4.91 Å². The third-order valence-electron chi connectivity index (χ3n) is 5.01. The number of hydrogen-bond donors (Lipinski definition) is 0. The number of thiocarbonyl (C=S) groups is 1. The van der Waals surface area contributed by atoms with E-state index in [9.17, 15) is 9.59 Å². The third-order valence-corrected chi connectivity index (χ3v) is 6.39. The van der Waals surface area contributed by atoms with E-state index in [1.54, 1.807) is 4.90 Å². The van der Waals surface area contributed by atoms with Crippen LogP contribution in [0.4, 0.5) is 0 Å². The molecular formula is C26H28N2O2S2. The quantitative estimate of drug-likeness (QED) is 0.408. The van der Waals surface area contributed by atoms with Gasteiger partial charge in [-0.3, -0.25) is 14.5 Å². The van der Waals surface area contributed by atoms with E-state index in [4.69, 9.17) is 12.2 Å². The van der Waals surface area contributed by atoms with E-state index in [2.05, 4.69) is 0 Å². The van der Waals surface area contributed by atoms with Gasteiger partial charge in [0.1, 0.15) is 10.9 Å². The molecule has 4 nitrogen and oxygen atoms in total. The van der Waals surface area contributed by atoms with E-state index in [1.165, 1.54) is 16.7 Å². The summed E-state index contributed by atoms with van der Waals surface area (Å²) in [5.74, 6) is -0.349. The van der Waals surface area contributed by atoms with Gasteiger partial charge >= 0.3 is 0 Å². The summed E-state index contributed by atoms with van der Waals surface area (Å²) in [7, 11) is 0. The molecular weight excluding hydrogens is 436 g/mol. The smallest absolute Gasteiger partial charge is 0.266 e. The summed E-state index contributed by atoms with van der Waals surface area (Å²) >= 11 is 6.69. The zero-order chi connectivity index (χ0) is 23.3. The molecule has 2 amide bonds. The molecule has 1 saturated heterocycles. The molecule has 0 N–H and O–H groups in total. The summed E-state index contributed by atoms with van der Waals surface area (Å²) in [5, 5.41) is 0. The Balaban J connectivity index is 1.74. The van der Waals surface area contributed by atoms with Crippen LogP contribution in [0.15, 0.2) is 77.2 Å². The molecule has 1 heterocycles. The molecule has 0 atom stereocenters. The van der Waals surface area contributed by atoms with E-state index in [-0.39, 0.29) is 18.4 Å². The number of carbonyl (C=O) groups excluding carboxylic acids is 2. The molecule has 0 unspecified atom stereocenters. The normalized spacial score (nSPS) is 16.1. The Morgan fingerprint density at radius 3 is 2.25 bits per heavy atom. The van der Waals surface area contributed by atoms with Gasteiger partial charge < -0.3 is 4.90 Å². The van der Waals surface area contributed by atoms with Gasteiger partial charge in [0.15, 0.2) is 0 Å². The number of benzene rings is 2. The highest BCUT2D eigenvalue weighted by Gasteiger charge is 2.36. The van der Waals surface area contributed by atoms with Gasteiger partial charge in [0.25, 0.3) is 5.91 Å². The first-order chi connectivity index (χ1) is 15.1. The summed E-state index contributed by atoms with van der Waals surface area (Å²) in [6.07, 6.45) is 3.85. The average Bonchev–Trinajstić information content (AvgIpc) is 2.99. The van der Waals surface area contributed by atoms with Crippen molar-refractivity contribution >= 4 is 46.2 Å². The number of allylic oxidation sites excluding steroid dienone is 2. The van der Waals surface area contributed by atoms with Crippen LogP contribution in [0.5, 0.6) is 0 Å². The van der Waals surface area contributed by atoms with Gasteiger partial charge in [-0.2, -0.15) is 0 Å². The molecule has 6 heteroatoms. The fraction of sp³-hybridized carbons (Fsp3) is 0.269. The van der Waals surface area contributed by atoms with Gasteiger partial charge in [-0.25, -0.2) is 0 Å². The maximum absolute atomic E-state index is 13.2. The molecule has 0 radical (unpaired) electrons. The zero-order valence-electron chi connectivity index (χ0n) is 18.9. The molecule has 2 aromatic rings. The summed E-state index contributed by atoms with van der Waals surface area (Å²) in [5.41, 5.74) is 2.66. The first-order valence-electron chi connectivity index (χ1n) is 10.5. The number of thioether (sulfide) groups is 1. The van der Waals surface area contributed by atoms with Crippen molar-refractivity contribution in [2.75, 3.05) is 6.54 Å². The molecule has 1 fully saturated rings. The van der Waals surface area contributed by atoms with Crippen molar-refractivity contribution in [3.63, 3.8) is 0 Å². The van der Waals surface area contributed by atoms with Gasteiger partial charge in [0.2, 0.25) is 5.91 Å². The topological polar surface area (TPSA) is 40.6 Å². The van der Waals surface area contributed by atoms with Crippen molar-refractivity contribution in [1.82, 2.24) is 9.80 Å². The van der Waals surface area contributed by atoms with Crippen LogP contribution in [0.2, 0.25) is 0 Å². The molecule has 0 bridgehead atoms. The van der Waals surface area contributed by atoms with Crippen LogP contribution in [-0.4, -0.2) is 38.0 Å². The molecule has 0 aliphatic carbocycles. The summed E-state index contributed by atoms with van der Waals surface area (Å²) < 4.78 is 0.413. The average molecular weight is 465 g/mol. The third kappa shape index (κ3) is 6.17. The Hall–Kier alpha value is -2.70. The number of nitrogens with zero attached hydrogens (tertiary/aromatic N) is 2. The van der Waals surface area contributed by atoms with Gasteiger partial charge in [-0.15, -0.1) is 0 Å². The van der Waals surface area contributed by atoms with Crippen molar-refractivity contribution < 1.29 is 9.59 Å². The van der Waals surface area contributed by atoms with E-state index in [0.717, 1.165) is 16.7 Å². The molecule has 0 saturated carbocycles. The van der Waals surface area contributed by atoms with Gasteiger partial charge in [-0.05, 0) is 50.5 Å². The van der Waals surface area contributed by atoms with Crippen molar-refractivity contribution in [3.8, 4) is 0 Å². The van der Waals surface area contributed by atoms with Gasteiger partial charge in [0, 0.05) is 12.1 Å². The Labute approximate surface area is 200 Å². The van der Waals surface area contributed by atoms with E-state index in [0.29, 0.717) is 15.8 Å². The molecule has 0 spiro atoms. The summed E-state index contributed by atoms with van der Waals surface area (Å²) in [4.78, 5) is 30.0. The lowest BCUT2D eigenvalue weighted by Crippen LogP contribution is -2.49. The molecule has 1 aliphatic rings. The van der Waals surface area contributed by atoms with Crippen LogP contribution in [0, 0.1) is 0 Å². The zero-order valence-corrected chi connectivity index (χ0v) is 20.5. The van der Waals surface area contributed by atoms with Crippen LogP contribution in [0.25, 0.3) is 6.08 Å². The molecule has 0 aromatic heterocycles. The van der Waals surface area contributed by atoms with Crippen molar-refractivity contribution in [3.05, 3.63) is 88.3 Å². The van der Waals surface area contributed by atoms with Crippen LogP contribution >= 0.6 is 24.0 Å². The highest BCUT2D eigenvalue weighted by atomic mass is 32.2. The second-order valence-electron chi connectivity index (χ2n) is 8.70. The fourth-order valence-corrected chi connectivity index (χ4v) is 4.69. The number of amides is 2. The lowest BCUT2D eigenvalue weighted by atomic mass is 10.0. The van der Waals surface area contributed by atoms with Crippen LogP contribution in [-0.2, 0) is 16.1 Å². The predicted molar refractivity (Wildman–Crippen MR) is 137 cm³/mol. The van der Waals surface area contributed by atoms with Gasteiger partial charge in [-0.1, -0.05) is 90.7 Å². The number of carbonyl (C=O) groups is 2. The fourth-order valence-electron chi connectivity index (χ4n) is 3.38. The van der Waals surface area contributed by atoms with E-state index >= 15 is 0 Å². The molecule has 32 heavy (non-hydrogen) atoms. The van der Waals surface area contributed by atoms with Crippen molar-refractivity contribution in [1.29, 1.82) is 0 Å². The minimum Gasteiger partial charge on any atom is -0.332 e. The highest BCUT2D eigenvalue weighted by Crippen LogP contribution is 2.32. The molecule has 166 valence electrons. The lowest BCUT2D eigenvalue weighted by Gasteiger charge is -2.36. The SMILES string of the molecule is CC(=Cc1ccccc1)C=C1SC(=S)N(CC(=O)N(Cc2ccccc2)C(C)(C)C)C1=O. The second kappa shape index (κ2) is 10.3. The Morgan fingerprint density at radius 1 is 1.06 bits per heavy atom. The number of rotatable bonds is 6. The highest BCUT2D eigenvalue weighted by molar-refractivity contribution is 8.26. The number of hydrogen-bond acceptors (Lipinski definition) is 4. The summed E-state index contributed by atoms with van der Waals surface area (Å²) in [6, 6.07) is 19.8. The largest absolute Gasteiger partial charge is 0.332 e. The summed E-state index contributed by atoms with van der Waals surface area (Å²) in [6.45, 7) is 8.35. The van der Waals surface area contributed by atoms with E-state index < -0.39 is 5.54 Å². The van der Waals surface area contributed by atoms with Crippen LogP contribution in [0.1, 0.15) is 38.8 Å². The minimum atomic E-state index is -0.391. The van der Waals surface area contributed by atoms with Crippen LogP contribution < -0.4 is 0 Å². The standard InChI is InChI=1S/C26H28N2O2S2/c1-19(15-20-11-7-5-8-12-20)16-22-24(30)27(25(31)32-22)18-23(29)28(26(2,3)4)17-21-13-9-6-10-14-21/h5-16H,17-18H2,1-4H3.